The fourth-order valence-corrected chi connectivity index (χ4v) is 1.51. The van der Waals surface area contributed by atoms with Crippen LogP contribution in [0.4, 0.5) is 6.01 Å². The first-order valence-corrected chi connectivity index (χ1v) is 5.08. The molecular weight excluding hydrogens is 202 g/mol. The van der Waals surface area contributed by atoms with E-state index in [4.69, 9.17) is 4.42 Å². The minimum absolute atomic E-state index is 0.438. The summed E-state index contributed by atoms with van der Waals surface area (Å²) >= 11 is 0. The third-order valence-corrected chi connectivity index (χ3v) is 2.27. The number of allylic oxidation sites excluding steroid dienone is 1. The quantitative estimate of drug-likeness (QED) is 0.778. The van der Waals surface area contributed by atoms with Gasteiger partial charge in [-0.3, -0.25) is 0 Å². The highest BCUT2D eigenvalue weighted by molar-refractivity contribution is 5.31. The van der Waals surface area contributed by atoms with Crippen LogP contribution in [-0.2, 0) is 13.0 Å². The molecule has 0 aliphatic rings. The highest BCUT2D eigenvalue weighted by atomic mass is 16.4. The van der Waals surface area contributed by atoms with Crippen LogP contribution in [0.25, 0.3) is 0 Å². The Morgan fingerprint density at radius 3 is 2.81 bits per heavy atom. The van der Waals surface area contributed by atoms with Gasteiger partial charge in [0.1, 0.15) is 0 Å². The van der Waals surface area contributed by atoms with Crippen molar-refractivity contribution in [3.8, 4) is 0 Å². The van der Waals surface area contributed by atoms with Crippen molar-refractivity contribution >= 4 is 6.01 Å². The molecule has 0 radical (unpaired) electrons. The zero-order valence-corrected chi connectivity index (χ0v) is 8.89. The molecule has 0 atom stereocenters. The number of nitrogens with one attached hydrogen (secondary N) is 1. The maximum atomic E-state index is 5.00. The first kappa shape index (κ1) is 10.4. The lowest BCUT2D eigenvalue weighted by molar-refractivity contribution is 0.565. The van der Waals surface area contributed by atoms with E-state index >= 15 is 0 Å². The molecule has 0 fully saturated rings. The molecule has 0 saturated heterocycles. The summed E-state index contributed by atoms with van der Waals surface area (Å²) in [6.45, 7) is 4.42. The van der Waals surface area contributed by atoms with Crippen LogP contribution in [0.15, 0.2) is 47.7 Å². The van der Waals surface area contributed by atoms with E-state index in [1.165, 1.54) is 17.5 Å². The minimum atomic E-state index is 0.438. The molecule has 0 amide bonds. The number of hydrogen-bond donors (Lipinski definition) is 1. The second kappa shape index (κ2) is 5.11. The highest BCUT2D eigenvalue weighted by Crippen LogP contribution is 2.11. The van der Waals surface area contributed by atoms with Crippen LogP contribution >= 0.6 is 0 Å². The van der Waals surface area contributed by atoms with Gasteiger partial charge in [0, 0.05) is 6.54 Å². The van der Waals surface area contributed by atoms with Crippen LogP contribution in [0, 0.1) is 0 Å². The van der Waals surface area contributed by atoms with Gasteiger partial charge in [-0.25, -0.2) is 0 Å². The standard InChI is InChI=1S/C12H13N3O/c1-2-5-10-6-3-4-7-11(10)8-13-12-15-14-9-16-12/h2-4,6-7,9H,1,5,8H2,(H,13,15). The number of rotatable bonds is 5. The molecule has 0 aliphatic carbocycles. The molecule has 0 spiro atoms. The second-order valence-electron chi connectivity index (χ2n) is 3.36. The largest absolute Gasteiger partial charge is 0.411 e. The second-order valence-corrected chi connectivity index (χ2v) is 3.36. The summed E-state index contributed by atoms with van der Waals surface area (Å²) in [5.41, 5.74) is 2.46. The van der Waals surface area contributed by atoms with E-state index in [2.05, 4.69) is 34.2 Å². The summed E-state index contributed by atoms with van der Waals surface area (Å²) in [4.78, 5) is 0. The lowest BCUT2D eigenvalue weighted by Gasteiger charge is -2.07. The van der Waals surface area contributed by atoms with Crippen LogP contribution in [0.2, 0.25) is 0 Å². The van der Waals surface area contributed by atoms with E-state index in [9.17, 15) is 0 Å². The molecule has 82 valence electrons. The number of anilines is 1. The zero-order valence-electron chi connectivity index (χ0n) is 8.89. The molecule has 1 heterocycles. The van der Waals surface area contributed by atoms with Crippen molar-refractivity contribution in [1.82, 2.24) is 10.2 Å². The third kappa shape index (κ3) is 2.48. The predicted molar refractivity (Wildman–Crippen MR) is 62.0 cm³/mol. The summed E-state index contributed by atoms with van der Waals surface area (Å²) in [6.07, 6.45) is 4.06. The maximum Gasteiger partial charge on any atom is 0.315 e. The Bertz CT molecular complexity index is 451. The normalized spacial score (nSPS) is 10.0. The maximum absolute atomic E-state index is 5.00. The highest BCUT2D eigenvalue weighted by Gasteiger charge is 2.02. The van der Waals surface area contributed by atoms with Crippen LogP contribution in [-0.4, -0.2) is 10.2 Å². The molecule has 1 aromatic heterocycles. The van der Waals surface area contributed by atoms with Crippen LogP contribution in [0.3, 0.4) is 0 Å². The van der Waals surface area contributed by atoms with Crippen molar-refractivity contribution in [2.75, 3.05) is 5.32 Å². The third-order valence-electron chi connectivity index (χ3n) is 2.27. The van der Waals surface area contributed by atoms with E-state index in [0.717, 1.165) is 6.42 Å². The fraction of sp³-hybridized carbons (Fsp3) is 0.167. The monoisotopic (exact) mass is 215 g/mol. The Morgan fingerprint density at radius 2 is 2.12 bits per heavy atom. The van der Waals surface area contributed by atoms with Crippen LogP contribution < -0.4 is 5.32 Å². The van der Waals surface area contributed by atoms with Crippen molar-refractivity contribution in [3.05, 3.63) is 54.4 Å². The minimum Gasteiger partial charge on any atom is -0.411 e. The first-order chi connectivity index (χ1) is 7.90. The molecule has 0 unspecified atom stereocenters. The molecule has 16 heavy (non-hydrogen) atoms. The van der Waals surface area contributed by atoms with Gasteiger partial charge in [-0.15, -0.1) is 11.7 Å². The van der Waals surface area contributed by atoms with E-state index in [0.29, 0.717) is 12.6 Å². The van der Waals surface area contributed by atoms with Gasteiger partial charge in [0.15, 0.2) is 0 Å². The molecule has 0 bridgehead atoms. The van der Waals surface area contributed by atoms with Gasteiger partial charge in [-0.05, 0) is 17.5 Å². The van der Waals surface area contributed by atoms with E-state index in [-0.39, 0.29) is 0 Å². The average molecular weight is 215 g/mol. The van der Waals surface area contributed by atoms with Gasteiger partial charge in [-0.2, -0.15) is 0 Å². The molecule has 4 nitrogen and oxygen atoms in total. The Labute approximate surface area is 94.0 Å². The summed E-state index contributed by atoms with van der Waals surface area (Å²) < 4.78 is 5.00. The fourth-order valence-electron chi connectivity index (χ4n) is 1.51. The Morgan fingerprint density at radius 1 is 1.31 bits per heavy atom. The average Bonchev–Trinajstić information content (AvgIpc) is 2.81. The van der Waals surface area contributed by atoms with Gasteiger partial charge in [0.25, 0.3) is 0 Å². The molecule has 2 rings (SSSR count). The Balaban J connectivity index is 2.05. The Hall–Kier alpha value is -2.10. The van der Waals surface area contributed by atoms with Gasteiger partial charge < -0.3 is 9.73 Å². The number of hydrogen-bond acceptors (Lipinski definition) is 4. The number of aromatic nitrogens is 2. The molecule has 0 aliphatic heterocycles. The number of nitrogens with zero attached hydrogens (tertiary/aromatic N) is 2. The predicted octanol–water partition coefficient (Wildman–Crippen LogP) is 2.41. The number of benzene rings is 1. The summed E-state index contributed by atoms with van der Waals surface area (Å²) in [7, 11) is 0. The van der Waals surface area contributed by atoms with Crippen molar-refractivity contribution in [1.29, 1.82) is 0 Å². The van der Waals surface area contributed by atoms with E-state index < -0.39 is 0 Å². The molecular formula is C12H13N3O. The first-order valence-electron chi connectivity index (χ1n) is 5.08. The summed E-state index contributed by atoms with van der Waals surface area (Å²) in [6, 6.07) is 8.63. The SMILES string of the molecule is C=CCc1ccccc1CNc1nnco1. The van der Waals surface area contributed by atoms with Crippen LogP contribution in [0.1, 0.15) is 11.1 Å². The molecule has 1 N–H and O–H groups in total. The molecule has 1 aromatic carbocycles. The van der Waals surface area contributed by atoms with E-state index in [1.807, 2.05) is 18.2 Å². The lowest BCUT2D eigenvalue weighted by atomic mass is 10.0. The van der Waals surface area contributed by atoms with Gasteiger partial charge in [-0.1, -0.05) is 35.4 Å². The van der Waals surface area contributed by atoms with Crippen LogP contribution in [0.5, 0.6) is 0 Å². The summed E-state index contributed by atoms with van der Waals surface area (Å²) in [5, 5.41) is 10.4. The van der Waals surface area contributed by atoms with Gasteiger partial charge >= 0.3 is 6.01 Å². The molecule has 4 heteroatoms. The zero-order chi connectivity index (χ0) is 11.2. The topological polar surface area (TPSA) is 51.0 Å². The van der Waals surface area contributed by atoms with Crippen molar-refractivity contribution in [3.63, 3.8) is 0 Å². The van der Waals surface area contributed by atoms with Gasteiger partial charge in [0.05, 0.1) is 0 Å². The molecule has 2 aromatic rings. The smallest absolute Gasteiger partial charge is 0.315 e. The summed E-state index contributed by atoms with van der Waals surface area (Å²) in [5.74, 6) is 0. The van der Waals surface area contributed by atoms with E-state index in [1.54, 1.807) is 0 Å². The van der Waals surface area contributed by atoms with Crippen molar-refractivity contribution < 1.29 is 4.42 Å². The van der Waals surface area contributed by atoms with Gasteiger partial charge in [0.2, 0.25) is 6.39 Å². The Kier molecular flexibility index (Phi) is 3.33. The molecule has 0 saturated carbocycles. The van der Waals surface area contributed by atoms with Crippen molar-refractivity contribution in [2.24, 2.45) is 0 Å². The lowest BCUT2D eigenvalue weighted by Crippen LogP contribution is -2.02. The van der Waals surface area contributed by atoms with Crippen molar-refractivity contribution in [2.45, 2.75) is 13.0 Å².